The number of ether oxygens (including phenoxy) is 1. The molecule has 0 saturated heterocycles. The fourth-order valence-electron chi connectivity index (χ4n) is 5.11. The van der Waals surface area contributed by atoms with E-state index in [2.05, 4.69) is 17.2 Å². The molecule has 6 nitrogen and oxygen atoms in total. The smallest absolute Gasteiger partial charge is 0.433 e. The zero-order chi connectivity index (χ0) is 22.0. The Morgan fingerprint density at radius 1 is 1.23 bits per heavy atom. The Morgan fingerprint density at radius 3 is 2.61 bits per heavy atom. The van der Waals surface area contributed by atoms with E-state index in [1.54, 1.807) is 12.3 Å². The van der Waals surface area contributed by atoms with Crippen LogP contribution < -0.4 is 10.1 Å². The number of nitrogens with one attached hydrogen (secondary N) is 1. The lowest BCUT2D eigenvalue weighted by molar-refractivity contribution is -0.141. The summed E-state index contributed by atoms with van der Waals surface area (Å²) < 4.78 is 46.3. The number of halogens is 3. The van der Waals surface area contributed by atoms with E-state index < -0.39 is 17.8 Å². The van der Waals surface area contributed by atoms with Crippen molar-refractivity contribution in [1.82, 2.24) is 14.4 Å². The number of aromatic nitrogens is 3. The van der Waals surface area contributed by atoms with Crippen molar-refractivity contribution < 1.29 is 22.7 Å². The largest absolute Gasteiger partial charge is 0.491 e. The summed E-state index contributed by atoms with van der Waals surface area (Å²) in [7, 11) is 0. The predicted octanol–water partition coefficient (Wildman–Crippen LogP) is 4.84. The molecule has 3 aromatic rings. The molecule has 2 bridgehead atoms. The van der Waals surface area contributed by atoms with Gasteiger partial charge in [-0.1, -0.05) is 13.0 Å². The Labute approximate surface area is 176 Å². The number of alkyl halides is 3. The first-order valence-corrected chi connectivity index (χ1v) is 10.1. The molecule has 0 aliphatic heterocycles. The molecule has 9 heteroatoms. The van der Waals surface area contributed by atoms with E-state index in [9.17, 15) is 18.0 Å². The molecule has 3 aliphatic rings. The van der Waals surface area contributed by atoms with E-state index in [0.717, 1.165) is 37.1 Å². The van der Waals surface area contributed by atoms with Gasteiger partial charge in [-0.05, 0) is 43.7 Å². The minimum atomic E-state index is -4.63. The molecular formula is C22H21F3N4O2. The Morgan fingerprint density at radius 2 is 1.97 bits per heavy atom. The van der Waals surface area contributed by atoms with E-state index in [-0.39, 0.29) is 11.1 Å². The third-order valence-corrected chi connectivity index (χ3v) is 6.21. The molecule has 0 atom stereocenters. The monoisotopic (exact) mass is 430 g/mol. The second-order valence-corrected chi connectivity index (χ2v) is 8.86. The SMILES string of the molecule is CCOc1cc2nc(C34CC(C)(C3)C4)cn2cc1NC(=O)c1cccc(C(F)(F)F)n1. The molecule has 6 rings (SSSR count). The number of fused-ring (bicyclic) bond motifs is 1. The zero-order valence-corrected chi connectivity index (χ0v) is 17.1. The maximum absolute atomic E-state index is 12.9. The topological polar surface area (TPSA) is 68.5 Å². The average molecular weight is 430 g/mol. The molecule has 3 aromatic heterocycles. The highest BCUT2D eigenvalue weighted by molar-refractivity contribution is 6.03. The van der Waals surface area contributed by atoms with Gasteiger partial charge in [-0.2, -0.15) is 13.2 Å². The Balaban J connectivity index is 1.46. The Hall–Kier alpha value is -3.10. The number of anilines is 1. The Kier molecular flexibility index (Phi) is 4.13. The van der Waals surface area contributed by atoms with Crippen molar-refractivity contribution in [3.8, 4) is 5.75 Å². The first-order chi connectivity index (χ1) is 14.6. The lowest BCUT2D eigenvalue weighted by atomic mass is 9.35. The number of rotatable bonds is 5. The molecule has 3 saturated carbocycles. The second kappa shape index (κ2) is 6.45. The molecule has 0 radical (unpaired) electrons. The normalized spacial score (nSPS) is 24.4. The van der Waals surface area contributed by atoms with Gasteiger partial charge in [0.25, 0.3) is 5.91 Å². The van der Waals surface area contributed by atoms with Gasteiger partial charge in [0.05, 0.1) is 12.3 Å². The van der Waals surface area contributed by atoms with Gasteiger partial charge in [0.15, 0.2) is 0 Å². The quantitative estimate of drug-likeness (QED) is 0.629. The van der Waals surface area contributed by atoms with Crippen LogP contribution in [0, 0.1) is 5.41 Å². The molecule has 3 heterocycles. The van der Waals surface area contributed by atoms with Crippen LogP contribution in [-0.2, 0) is 11.6 Å². The predicted molar refractivity (Wildman–Crippen MR) is 107 cm³/mol. The maximum atomic E-state index is 12.9. The number of imidazole rings is 1. The van der Waals surface area contributed by atoms with Crippen molar-refractivity contribution >= 4 is 17.2 Å². The number of carbonyl (C=O) groups excluding carboxylic acids is 1. The van der Waals surface area contributed by atoms with Gasteiger partial charge in [0.2, 0.25) is 0 Å². The van der Waals surface area contributed by atoms with Gasteiger partial charge in [-0.15, -0.1) is 0 Å². The second-order valence-electron chi connectivity index (χ2n) is 8.86. The lowest BCUT2D eigenvalue weighted by Gasteiger charge is -2.69. The Bertz CT molecular complexity index is 1180. The lowest BCUT2D eigenvalue weighted by Crippen LogP contribution is -2.63. The van der Waals surface area contributed by atoms with E-state index >= 15 is 0 Å². The standard InChI is InChI=1S/C22H21F3N4O2/c1-3-31-15-7-18-28-17(21-10-20(2,11-21)12-21)9-29(18)8-14(15)27-19(30)13-5-4-6-16(26-13)22(23,24)25/h4-9H,3,10-12H2,1-2H3,(H,27,30). The van der Waals surface area contributed by atoms with Crippen LogP contribution >= 0.6 is 0 Å². The molecule has 0 unspecified atom stereocenters. The van der Waals surface area contributed by atoms with E-state index in [0.29, 0.717) is 29.1 Å². The fourth-order valence-corrected chi connectivity index (χ4v) is 5.11. The first kappa shape index (κ1) is 19.8. The minimum absolute atomic E-state index is 0.151. The summed E-state index contributed by atoms with van der Waals surface area (Å²) in [6.07, 6.45) is 2.40. The van der Waals surface area contributed by atoms with E-state index in [4.69, 9.17) is 9.72 Å². The zero-order valence-electron chi connectivity index (χ0n) is 17.1. The van der Waals surface area contributed by atoms with Crippen LogP contribution in [0.4, 0.5) is 18.9 Å². The van der Waals surface area contributed by atoms with Crippen molar-refractivity contribution in [2.24, 2.45) is 5.41 Å². The number of pyridine rings is 2. The third-order valence-electron chi connectivity index (χ3n) is 6.21. The summed E-state index contributed by atoms with van der Waals surface area (Å²) in [6, 6.07) is 4.95. The van der Waals surface area contributed by atoms with Gasteiger partial charge in [0.1, 0.15) is 28.5 Å². The van der Waals surface area contributed by atoms with Gasteiger partial charge in [-0.3, -0.25) is 4.79 Å². The molecule has 31 heavy (non-hydrogen) atoms. The van der Waals surface area contributed by atoms with E-state index in [1.807, 2.05) is 17.5 Å². The fraction of sp³-hybridized carbons (Fsp3) is 0.409. The minimum Gasteiger partial charge on any atom is -0.491 e. The van der Waals surface area contributed by atoms with Crippen LogP contribution in [0.3, 0.4) is 0 Å². The summed E-state index contributed by atoms with van der Waals surface area (Å²) in [5, 5.41) is 2.63. The van der Waals surface area contributed by atoms with Gasteiger partial charge >= 0.3 is 6.18 Å². The van der Waals surface area contributed by atoms with Gasteiger partial charge < -0.3 is 14.5 Å². The summed E-state index contributed by atoms with van der Waals surface area (Å²) >= 11 is 0. The molecule has 0 spiro atoms. The number of nitrogens with zero attached hydrogens (tertiary/aromatic N) is 3. The molecule has 1 amide bonds. The molecule has 3 fully saturated rings. The molecule has 0 aromatic carbocycles. The van der Waals surface area contributed by atoms with Gasteiger partial charge in [0, 0.05) is 23.9 Å². The molecule has 162 valence electrons. The number of hydrogen-bond donors (Lipinski definition) is 1. The van der Waals surface area contributed by atoms with Crippen LogP contribution in [0.2, 0.25) is 0 Å². The van der Waals surface area contributed by atoms with Crippen molar-refractivity contribution in [3.63, 3.8) is 0 Å². The van der Waals surface area contributed by atoms with E-state index in [1.165, 1.54) is 6.07 Å². The van der Waals surface area contributed by atoms with Crippen molar-refractivity contribution in [2.45, 2.75) is 44.7 Å². The number of amides is 1. The maximum Gasteiger partial charge on any atom is 0.433 e. The summed E-state index contributed by atoms with van der Waals surface area (Å²) in [6.45, 7) is 4.45. The van der Waals surface area contributed by atoms with Crippen LogP contribution in [0.1, 0.15) is 55.0 Å². The van der Waals surface area contributed by atoms with Crippen molar-refractivity contribution in [2.75, 3.05) is 11.9 Å². The molecular weight excluding hydrogens is 409 g/mol. The first-order valence-electron chi connectivity index (χ1n) is 10.1. The highest BCUT2D eigenvalue weighted by Gasteiger charge is 2.66. The molecule has 3 aliphatic carbocycles. The third kappa shape index (κ3) is 3.23. The highest BCUT2D eigenvalue weighted by Crippen LogP contribution is 2.73. The number of hydrogen-bond acceptors (Lipinski definition) is 4. The average Bonchev–Trinajstić information content (AvgIpc) is 3.07. The van der Waals surface area contributed by atoms with Crippen molar-refractivity contribution in [3.05, 3.63) is 53.7 Å². The van der Waals surface area contributed by atoms with Crippen LogP contribution in [0.15, 0.2) is 36.7 Å². The van der Waals surface area contributed by atoms with Crippen molar-refractivity contribution in [1.29, 1.82) is 0 Å². The number of carbonyl (C=O) groups is 1. The van der Waals surface area contributed by atoms with Gasteiger partial charge in [-0.25, -0.2) is 9.97 Å². The molecule has 1 N–H and O–H groups in total. The van der Waals surface area contributed by atoms with Crippen LogP contribution in [0.5, 0.6) is 5.75 Å². The highest BCUT2D eigenvalue weighted by atomic mass is 19.4. The summed E-state index contributed by atoms with van der Waals surface area (Å²) in [4.78, 5) is 20.8. The summed E-state index contributed by atoms with van der Waals surface area (Å²) in [5.74, 6) is -0.351. The van der Waals surface area contributed by atoms with Crippen LogP contribution in [-0.4, -0.2) is 26.9 Å². The summed E-state index contributed by atoms with van der Waals surface area (Å²) in [5.41, 5.74) is 1.22. The van der Waals surface area contributed by atoms with Crippen LogP contribution in [0.25, 0.3) is 5.65 Å².